The Kier molecular flexibility index (Phi) is 11.9. The van der Waals surface area contributed by atoms with E-state index in [0.717, 1.165) is 24.0 Å². The molecule has 2 aromatic rings. The average molecular weight is 601 g/mol. The van der Waals surface area contributed by atoms with Gasteiger partial charge >= 0.3 is 0 Å². The van der Waals surface area contributed by atoms with Gasteiger partial charge in [0.25, 0.3) is 0 Å². The topological polar surface area (TPSA) is 27.7 Å². The maximum atomic E-state index is 6.32. The van der Waals surface area contributed by atoms with E-state index >= 15 is 0 Å². The zero-order chi connectivity index (χ0) is 26.2. The van der Waals surface area contributed by atoms with E-state index in [9.17, 15) is 0 Å². The van der Waals surface area contributed by atoms with Crippen molar-refractivity contribution in [2.24, 2.45) is 0 Å². The minimum atomic E-state index is -0.182. The maximum Gasteiger partial charge on any atom is 0.224 e. The molecule has 0 aromatic heterocycles. The highest BCUT2D eigenvalue weighted by atomic mass is 35.5. The Morgan fingerprint density at radius 1 is 0.600 bits per heavy atom. The number of benzene rings is 2. The molecule has 0 saturated heterocycles. The summed E-state index contributed by atoms with van der Waals surface area (Å²) >= 11 is 34.3. The fourth-order valence-electron chi connectivity index (χ4n) is 3.42. The van der Waals surface area contributed by atoms with Crippen LogP contribution in [0.4, 0.5) is 0 Å². The molecule has 0 fully saturated rings. The average Bonchev–Trinajstić information content (AvgIpc) is 2.84. The van der Waals surface area contributed by atoms with Crippen molar-refractivity contribution in [1.82, 2.24) is 0 Å². The lowest BCUT2D eigenvalue weighted by atomic mass is 9.79. The van der Waals surface area contributed by atoms with Gasteiger partial charge in [0.1, 0.15) is 11.5 Å². The molecule has 0 saturated carbocycles. The standard InChI is InChI=1S/C26H28Cl6O3/c1-5-25(3,17-7-11-19(12-8-17)34-23(31)21(27)28)15-33-16-26(4,6-2)18-9-13-20(14-10-18)35-24(32)22(29)30/h7-14H,5-6,15-16H2,1-4H3. The Bertz CT molecular complexity index is 945. The summed E-state index contributed by atoms with van der Waals surface area (Å²) in [7, 11) is 0. The van der Waals surface area contributed by atoms with Crippen molar-refractivity contribution >= 4 is 69.6 Å². The van der Waals surface area contributed by atoms with Crippen LogP contribution in [0.5, 0.6) is 11.5 Å². The van der Waals surface area contributed by atoms with Gasteiger partial charge in [-0.25, -0.2) is 0 Å². The molecule has 9 heteroatoms. The lowest BCUT2D eigenvalue weighted by molar-refractivity contribution is 0.0510. The second kappa shape index (κ2) is 13.7. The van der Waals surface area contributed by atoms with E-state index < -0.39 is 0 Å². The van der Waals surface area contributed by atoms with Gasteiger partial charge in [0.15, 0.2) is 8.98 Å². The van der Waals surface area contributed by atoms with Crippen LogP contribution in [0.25, 0.3) is 0 Å². The molecule has 35 heavy (non-hydrogen) atoms. The minimum Gasteiger partial charge on any atom is -0.443 e. The number of hydrogen-bond acceptors (Lipinski definition) is 3. The number of rotatable bonds is 12. The number of ether oxygens (including phenoxy) is 3. The molecule has 192 valence electrons. The molecule has 0 spiro atoms. The van der Waals surface area contributed by atoms with Crippen LogP contribution in [0.1, 0.15) is 51.7 Å². The van der Waals surface area contributed by atoms with Gasteiger partial charge in [-0.15, -0.1) is 0 Å². The second-order valence-electron chi connectivity index (χ2n) is 8.64. The first kappa shape index (κ1) is 30.4. The molecule has 0 aliphatic carbocycles. The zero-order valence-corrected chi connectivity index (χ0v) is 24.5. The predicted octanol–water partition coefficient (Wildman–Crippen LogP) is 10.2. The van der Waals surface area contributed by atoms with Crippen LogP contribution >= 0.6 is 69.6 Å². The van der Waals surface area contributed by atoms with E-state index in [1.165, 1.54) is 0 Å². The van der Waals surface area contributed by atoms with Crippen molar-refractivity contribution in [3.63, 3.8) is 0 Å². The van der Waals surface area contributed by atoms with Crippen LogP contribution in [0.15, 0.2) is 68.0 Å². The predicted molar refractivity (Wildman–Crippen MR) is 149 cm³/mol. The molecule has 3 nitrogen and oxygen atoms in total. The molecule has 2 unspecified atom stereocenters. The van der Waals surface area contributed by atoms with Crippen molar-refractivity contribution in [3.05, 3.63) is 79.1 Å². The van der Waals surface area contributed by atoms with E-state index in [-0.39, 0.29) is 30.2 Å². The summed E-state index contributed by atoms with van der Waals surface area (Å²) in [5.74, 6) is 1.10. The minimum absolute atomic E-state index is 0.0662. The van der Waals surface area contributed by atoms with E-state index in [0.29, 0.717) is 24.7 Å². The molecular formula is C26H28Cl6O3. The molecule has 2 atom stereocenters. The third-order valence-corrected chi connectivity index (χ3v) is 7.82. The van der Waals surface area contributed by atoms with Gasteiger partial charge in [-0.3, -0.25) is 0 Å². The first-order chi connectivity index (χ1) is 16.4. The summed E-state index contributed by atoms with van der Waals surface area (Å²) < 4.78 is 16.9. The Balaban J connectivity index is 2.07. The number of halogens is 6. The van der Waals surface area contributed by atoms with Crippen LogP contribution in [0.3, 0.4) is 0 Å². The molecule has 0 heterocycles. The molecular weight excluding hydrogens is 573 g/mol. The van der Waals surface area contributed by atoms with Crippen molar-refractivity contribution in [2.45, 2.75) is 51.4 Å². The number of hydrogen-bond donors (Lipinski definition) is 0. The molecule has 0 radical (unpaired) electrons. The molecule has 2 aromatic carbocycles. The largest absolute Gasteiger partial charge is 0.443 e. The van der Waals surface area contributed by atoms with Crippen LogP contribution in [0, 0.1) is 0 Å². The Morgan fingerprint density at radius 2 is 0.914 bits per heavy atom. The lowest BCUT2D eigenvalue weighted by Crippen LogP contribution is -2.33. The van der Waals surface area contributed by atoms with Gasteiger partial charge in [-0.05, 0) is 71.4 Å². The van der Waals surface area contributed by atoms with Gasteiger partial charge in [-0.1, -0.05) is 98.4 Å². The van der Waals surface area contributed by atoms with E-state index in [1.807, 2.05) is 48.5 Å². The van der Waals surface area contributed by atoms with Crippen molar-refractivity contribution in [1.29, 1.82) is 0 Å². The van der Waals surface area contributed by atoms with Gasteiger partial charge in [-0.2, -0.15) is 0 Å². The third kappa shape index (κ3) is 8.64. The highest BCUT2D eigenvalue weighted by molar-refractivity contribution is 6.59. The molecule has 0 bridgehead atoms. The summed E-state index contributed by atoms with van der Waals surface area (Å²) in [5.41, 5.74) is 1.90. The second-order valence-corrected chi connectivity index (χ2v) is 11.2. The van der Waals surface area contributed by atoms with Crippen molar-refractivity contribution in [3.8, 4) is 11.5 Å². The first-order valence-corrected chi connectivity index (χ1v) is 13.3. The van der Waals surface area contributed by atoms with E-state index in [4.69, 9.17) is 83.8 Å². The molecule has 0 N–H and O–H groups in total. The lowest BCUT2D eigenvalue weighted by Gasteiger charge is -2.33. The van der Waals surface area contributed by atoms with Crippen LogP contribution in [0.2, 0.25) is 0 Å². The van der Waals surface area contributed by atoms with Gasteiger partial charge in [0, 0.05) is 10.8 Å². The smallest absolute Gasteiger partial charge is 0.224 e. The monoisotopic (exact) mass is 598 g/mol. The summed E-state index contributed by atoms with van der Waals surface area (Å²) in [5, 5.41) is -0.132. The summed E-state index contributed by atoms with van der Waals surface area (Å²) in [6, 6.07) is 15.3. The Morgan fingerprint density at radius 3 is 1.17 bits per heavy atom. The van der Waals surface area contributed by atoms with E-state index in [1.54, 1.807) is 0 Å². The molecule has 2 rings (SSSR count). The van der Waals surface area contributed by atoms with E-state index in [2.05, 4.69) is 27.7 Å². The fourth-order valence-corrected chi connectivity index (χ4v) is 3.75. The van der Waals surface area contributed by atoms with Gasteiger partial charge < -0.3 is 14.2 Å². The Hall–Kier alpha value is -0.780. The highest BCUT2D eigenvalue weighted by Crippen LogP contribution is 2.34. The first-order valence-electron chi connectivity index (χ1n) is 11.0. The van der Waals surface area contributed by atoms with Crippen LogP contribution < -0.4 is 9.47 Å². The summed E-state index contributed by atoms with van der Waals surface area (Å²) in [4.78, 5) is 0. The van der Waals surface area contributed by atoms with Crippen LogP contribution in [-0.4, -0.2) is 13.2 Å². The molecule has 0 aliphatic heterocycles. The summed E-state index contributed by atoms with van der Waals surface area (Å²) in [6.07, 6.45) is 1.79. The molecule has 0 aliphatic rings. The SMILES string of the molecule is CCC(C)(COCC(C)(CC)c1ccc(OC(Cl)=C(Cl)Cl)cc1)c1ccc(OC(Cl)=C(Cl)Cl)cc1. The van der Waals surface area contributed by atoms with Crippen molar-refractivity contribution < 1.29 is 14.2 Å². The van der Waals surface area contributed by atoms with Gasteiger partial charge in [0.2, 0.25) is 10.4 Å². The van der Waals surface area contributed by atoms with Crippen LogP contribution in [-0.2, 0) is 15.6 Å². The zero-order valence-electron chi connectivity index (χ0n) is 19.9. The fraction of sp³-hybridized carbons (Fsp3) is 0.385. The Labute approximate surface area is 237 Å². The highest BCUT2D eigenvalue weighted by Gasteiger charge is 2.29. The quantitative estimate of drug-likeness (QED) is 0.227. The van der Waals surface area contributed by atoms with Gasteiger partial charge in [0.05, 0.1) is 13.2 Å². The maximum absolute atomic E-state index is 6.32. The molecule has 0 amide bonds. The van der Waals surface area contributed by atoms with Crippen molar-refractivity contribution in [2.75, 3.05) is 13.2 Å². The summed E-state index contributed by atoms with van der Waals surface area (Å²) in [6.45, 7) is 9.77. The third-order valence-electron chi connectivity index (χ3n) is 6.22. The normalized spacial score (nSPS) is 14.5.